The van der Waals surface area contributed by atoms with Crippen molar-refractivity contribution in [2.45, 2.75) is 38.5 Å². The molecule has 1 atom stereocenters. The highest BCUT2D eigenvalue weighted by molar-refractivity contribution is 5.80. The Morgan fingerprint density at radius 1 is 1.14 bits per heavy atom. The molecule has 0 aliphatic carbocycles. The summed E-state index contributed by atoms with van der Waals surface area (Å²) in [4.78, 5) is 11.5. The van der Waals surface area contributed by atoms with E-state index in [2.05, 4.69) is 0 Å². The predicted molar refractivity (Wildman–Crippen MR) is 76.7 cm³/mol. The van der Waals surface area contributed by atoms with E-state index < -0.39 is 11.9 Å². The molecule has 0 saturated heterocycles. The molecular formula is C16H20O5. The molecule has 1 aromatic rings. The number of benzene rings is 1. The molecule has 1 unspecified atom stereocenters. The Labute approximate surface area is 123 Å². The van der Waals surface area contributed by atoms with Crippen LogP contribution in [-0.4, -0.2) is 31.4 Å². The van der Waals surface area contributed by atoms with Gasteiger partial charge in [0.05, 0.1) is 26.2 Å². The fourth-order valence-corrected chi connectivity index (χ4v) is 3.24. The van der Waals surface area contributed by atoms with Crippen LogP contribution in [0.4, 0.5) is 0 Å². The average molecular weight is 292 g/mol. The number of hydrogen-bond donors (Lipinski definition) is 1. The first-order valence-corrected chi connectivity index (χ1v) is 7.39. The number of fused-ring (bicyclic) bond motifs is 2. The Bertz CT molecular complexity index is 542. The van der Waals surface area contributed by atoms with E-state index in [4.69, 9.17) is 14.2 Å². The van der Waals surface area contributed by atoms with E-state index >= 15 is 0 Å². The Hall–Kier alpha value is -1.91. The molecule has 0 aromatic heterocycles. The first kappa shape index (κ1) is 14.0. The van der Waals surface area contributed by atoms with Gasteiger partial charge in [-0.25, -0.2) is 0 Å². The monoisotopic (exact) mass is 292 g/mol. The van der Waals surface area contributed by atoms with Crippen molar-refractivity contribution in [3.8, 4) is 17.2 Å². The van der Waals surface area contributed by atoms with E-state index in [1.807, 2.05) is 0 Å². The Kier molecular flexibility index (Phi) is 3.66. The van der Waals surface area contributed by atoms with Crippen molar-refractivity contribution in [2.24, 2.45) is 0 Å². The molecule has 0 saturated carbocycles. The van der Waals surface area contributed by atoms with Gasteiger partial charge < -0.3 is 19.3 Å². The molecule has 2 heterocycles. The number of hydrogen-bond acceptors (Lipinski definition) is 4. The van der Waals surface area contributed by atoms with Crippen molar-refractivity contribution in [3.63, 3.8) is 0 Å². The zero-order chi connectivity index (χ0) is 15.0. The smallest absolute Gasteiger partial charge is 0.310 e. The SMILES string of the molecule is COc1c2c(c(C(C)C(=O)O)c3c1OCCC3)OCCC2. The molecule has 5 nitrogen and oxygen atoms in total. The lowest BCUT2D eigenvalue weighted by molar-refractivity contribution is -0.138. The maximum atomic E-state index is 11.5. The number of carbonyl (C=O) groups is 1. The van der Waals surface area contributed by atoms with Crippen molar-refractivity contribution in [1.29, 1.82) is 0 Å². The summed E-state index contributed by atoms with van der Waals surface area (Å²) < 4.78 is 17.2. The van der Waals surface area contributed by atoms with Crippen LogP contribution in [0.25, 0.3) is 0 Å². The summed E-state index contributed by atoms with van der Waals surface area (Å²) in [5, 5.41) is 9.44. The number of carboxylic acid groups (broad SMARTS) is 1. The minimum atomic E-state index is -0.843. The number of methoxy groups -OCH3 is 1. The van der Waals surface area contributed by atoms with Crippen LogP contribution in [0.15, 0.2) is 0 Å². The summed E-state index contributed by atoms with van der Waals surface area (Å²) in [6.45, 7) is 2.97. The molecule has 5 heteroatoms. The second-order valence-electron chi connectivity index (χ2n) is 5.53. The van der Waals surface area contributed by atoms with Crippen molar-refractivity contribution < 1.29 is 24.1 Å². The lowest BCUT2D eigenvalue weighted by Gasteiger charge is -2.31. The van der Waals surface area contributed by atoms with E-state index in [0.29, 0.717) is 19.0 Å². The van der Waals surface area contributed by atoms with Gasteiger partial charge in [0.25, 0.3) is 0 Å². The first-order chi connectivity index (χ1) is 10.1. The number of rotatable bonds is 3. The summed E-state index contributed by atoms with van der Waals surface area (Å²) in [6.07, 6.45) is 3.42. The topological polar surface area (TPSA) is 65.0 Å². The molecule has 0 fully saturated rings. The van der Waals surface area contributed by atoms with Gasteiger partial charge >= 0.3 is 5.97 Å². The lowest BCUT2D eigenvalue weighted by Crippen LogP contribution is -2.21. The quantitative estimate of drug-likeness (QED) is 0.927. The van der Waals surface area contributed by atoms with Gasteiger partial charge in [-0.3, -0.25) is 4.79 Å². The summed E-state index contributed by atoms with van der Waals surface area (Å²) in [5.41, 5.74) is 2.66. The minimum Gasteiger partial charge on any atom is -0.493 e. The van der Waals surface area contributed by atoms with Gasteiger partial charge in [-0.05, 0) is 32.6 Å². The molecule has 0 radical (unpaired) electrons. The highest BCUT2D eigenvalue weighted by atomic mass is 16.5. The maximum Gasteiger partial charge on any atom is 0.310 e. The van der Waals surface area contributed by atoms with Gasteiger partial charge in [-0.15, -0.1) is 0 Å². The van der Waals surface area contributed by atoms with Crippen LogP contribution in [-0.2, 0) is 17.6 Å². The summed E-state index contributed by atoms with van der Waals surface area (Å²) >= 11 is 0. The Balaban J connectivity index is 2.28. The summed E-state index contributed by atoms with van der Waals surface area (Å²) in [7, 11) is 1.63. The highest BCUT2D eigenvalue weighted by Gasteiger charge is 2.34. The standard InChI is InChI=1S/C16H20O5/c1-9(16(17)18)12-10-5-3-8-21-15(10)14(19-2)11-6-4-7-20-13(11)12/h9H,3-8H2,1-2H3,(H,17,18). The van der Waals surface area contributed by atoms with E-state index in [1.165, 1.54) is 0 Å². The zero-order valence-electron chi connectivity index (χ0n) is 12.4. The summed E-state index contributed by atoms with van der Waals surface area (Å²) in [5.74, 6) is 0.691. The second-order valence-corrected chi connectivity index (χ2v) is 5.53. The molecule has 2 aliphatic rings. The average Bonchev–Trinajstić information content (AvgIpc) is 2.51. The lowest BCUT2D eigenvalue weighted by atomic mass is 9.86. The largest absolute Gasteiger partial charge is 0.493 e. The predicted octanol–water partition coefficient (Wildman–Crippen LogP) is 2.53. The van der Waals surface area contributed by atoms with Crippen LogP contribution in [0.5, 0.6) is 17.2 Å². The molecule has 0 bridgehead atoms. The third-order valence-electron chi connectivity index (χ3n) is 4.24. The molecule has 0 spiro atoms. The minimum absolute atomic E-state index is 0.613. The third kappa shape index (κ3) is 2.20. The molecule has 1 aromatic carbocycles. The van der Waals surface area contributed by atoms with Crippen LogP contribution in [0, 0.1) is 0 Å². The van der Waals surface area contributed by atoms with Crippen LogP contribution in [0.1, 0.15) is 42.4 Å². The van der Waals surface area contributed by atoms with Crippen LogP contribution in [0.3, 0.4) is 0 Å². The van der Waals surface area contributed by atoms with Crippen molar-refractivity contribution in [2.75, 3.05) is 20.3 Å². The fourth-order valence-electron chi connectivity index (χ4n) is 3.24. The maximum absolute atomic E-state index is 11.5. The molecule has 2 aliphatic heterocycles. The van der Waals surface area contributed by atoms with Gasteiger partial charge in [0, 0.05) is 16.7 Å². The van der Waals surface area contributed by atoms with Crippen LogP contribution in [0.2, 0.25) is 0 Å². The van der Waals surface area contributed by atoms with E-state index in [-0.39, 0.29) is 0 Å². The first-order valence-electron chi connectivity index (χ1n) is 7.39. The highest BCUT2D eigenvalue weighted by Crippen LogP contribution is 2.50. The molecule has 3 rings (SSSR count). The number of carboxylic acids is 1. The third-order valence-corrected chi connectivity index (χ3v) is 4.24. The van der Waals surface area contributed by atoms with Crippen molar-refractivity contribution >= 4 is 5.97 Å². The van der Waals surface area contributed by atoms with Crippen LogP contribution >= 0.6 is 0 Å². The summed E-state index contributed by atoms with van der Waals surface area (Å²) in [6, 6.07) is 0. The van der Waals surface area contributed by atoms with Gasteiger partial charge in [0.2, 0.25) is 0 Å². The Morgan fingerprint density at radius 2 is 1.76 bits per heavy atom. The van der Waals surface area contributed by atoms with Crippen molar-refractivity contribution in [3.05, 3.63) is 16.7 Å². The van der Waals surface area contributed by atoms with E-state index in [1.54, 1.807) is 14.0 Å². The molecule has 0 amide bonds. The number of aliphatic carboxylic acids is 1. The molecule has 114 valence electrons. The molecule has 21 heavy (non-hydrogen) atoms. The second kappa shape index (κ2) is 5.47. The normalized spacial score (nSPS) is 17.8. The fraction of sp³-hybridized carbons (Fsp3) is 0.562. The Morgan fingerprint density at radius 3 is 2.38 bits per heavy atom. The van der Waals surface area contributed by atoms with Gasteiger partial charge in [-0.2, -0.15) is 0 Å². The molecule has 1 N–H and O–H groups in total. The van der Waals surface area contributed by atoms with Gasteiger partial charge in [0.1, 0.15) is 5.75 Å². The van der Waals surface area contributed by atoms with Crippen molar-refractivity contribution in [1.82, 2.24) is 0 Å². The molecular weight excluding hydrogens is 272 g/mol. The van der Waals surface area contributed by atoms with Gasteiger partial charge in [-0.1, -0.05) is 0 Å². The van der Waals surface area contributed by atoms with E-state index in [0.717, 1.165) is 53.9 Å². The van der Waals surface area contributed by atoms with E-state index in [9.17, 15) is 9.90 Å². The van der Waals surface area contributed by atoms with Gasteiger partial charge in [0.15, 0.2) is 11.5 Å². The number of ether oxygens (including phenoxy) is 3. The zero-order valence-corrected chi connectivity index (χ0v) is 12.4. The van der Waals surface area contributed by atoms with Crippen LogP contribution < -0.4 is 14.2 Å².